The van der Waals surface area contributed by atoms with E-state index in [9.17, 15) is 52.7 Å². The van der Waals surface area contributed by atoms with E-state index in [4.69, 9.17) is 0 Å². The second kappa shape index (κ2) is 7.23. The molecule has 1 rings (SSSR count). The fourth-order valence-electron chi connectivity index (χ4n) is 2.10. The van der Waals surface area contributed by atoms with E-state index in [-0.39, 0.29) is 13.1 Å². The summed E-state index contributed by atoms with van der Waals surface area (Å²) in [6.45, 7) is 3.94. The van der Waals surface area contributed by atoms with E-state index in [1.54, 1.807) is 20.8 Å². The highest BCUT2D eigenvalue weighted by atomic mass is 32.2. The van der Waals surface area contributed by atoms with E-state index in [1.165, 1.54) is 0 Å². The number of alkyl halides is 9. The summed E-state index contributed by atoms with van der Waals surface area (Å²) >= 11 is 0. The number of carbonyl (C=O) groups excluding carboxylic acids is 1. The van der Waals surface area contributed by atoms with Gasteiger partial charge in [-0.2, -0.15) is 47.9 Å². The summed E-state index contributed by atoms with van der Waals surface area (Å²) in [5, 5.41) is -6.92. The molecule has 1 aliphatic heterocycles. The molecule has 0 fully saturated rings. The van der Waals surface area contributed by atoms with Crippen LogP contribution in [0.5, 0.6) is 0 Å². The lowest BCUT2D eigenvalue weighted by atomic mass is 9.94. The number of hydrogen-bond donors (Lipinski definition) is 0. The van der Waals surface area contributed by atoms with Crippen molar-refractivity contribution in [3.05, 3.63) is 11.8 Å². The van der Waals surface area contributed by atoms with Gasteiger partial charge < -0.3 is 9.08 Å². The molecule has 0 saturated heterocycles. The molecule has 0 aliphatic carbocycles. The highest BCUT2D eigenvalue weighted by Crippen LogP contribution is 2.55. The molecule has 0 bridgehead atoms. The van der Waals surface area contributed by atoms with Gasteiger partial charge in [0.15, 0.2) is 0 Å². The largest absolute Gasteiger partial charge is 0.460 e. The first-order valence-corrected chi connectivity index (χ1v) is 9.13. The van der Waals surface area contributed by atoms with Crippen LogP contribution in [0, 0.1) is 5.41 Å². The number of carbonyl (C=O) groups is 1. The molecule has 0 N–H and O–H groups in total. The van der Waals surface area contributed by atoms with Gasteiger partial charge in [-0.3, -0.25) is 4.79 Å². The fourth-order valence-corrected chi connectivity index (χ4v) is 3.08. The molecule has 0 aromatic heterocycles. The maximum Gasteiger partial charge on any atom is 0.460 e. The molecular weight excluding hydrogens is 449 g/mol. The molecule has 15 heteroatoms. The summed E-state index contributed by atoms with van der Waals surface area (Å²) < 4.78 is 142. The van der Waals surface area contributed by atoms with Crippen LogP contribution in [0.4, 0.5) is 39.5 Å². The molecule has 0 unspecified atom stereocenters. The molecule has 1 amide bonds. The molecule has 170 valence electrons. The molecule has 0 aromatic carbocycles. The maximum absolute atomic E-state index is 13.6. The fraction of sp³-hybridized carbons (Fsp3) is 0.786. The third-order valence-electron chi connectivity index (χ3n) is 3.74. The van der Waals surface area contributed by atoms with Crippen molar-refractivity contribution >= 4 is 16.0 Å². The molecule has 5 nitrogen and oxygen atoms in total. The van der Waals surface area contributed by atoms with Crippen LogP contribution in [0.25, 0.3) is 0 Å². The van der Waals surface area contributed by atoms with Crippen LogP contribution in [0.1, 0.15) is 27.2 Å². The van der Waals surface area contributed by atoms with Crippen molar-refractivity contribution in [2.45, 2.75) is 50.5 Å². The number of rotatable bonds is 5. The van der Waals surface area contributed by atoms with Gasteiger partial charge in [0, 0.05) is 24.9 Å². The van der Waals surface area contributed by atoms with E-state index in [0.29, 0.717) is 0 Å². The number of halogens is 9. The Morgan fingerprint density at radius 2 is 1.45 bits per heavy atom. The third kappa shape index (κ3) is 4.43. The molecule has 0 radical (unpaired) electrons. The van der Waals surface area contributed by atoms with Crippen LogP contribution in [-0.4, -0.2) is 55.6 Å². The van der Waals surface area contributed by atoms with Gasteiger partial charge in [0.05, 0.1) is 0 Å². The summed E-state index contributed by atoms with van der Waals surface area (Å²) in [6.07, 6.45) is -7.01. The molecular formula is C14H16F9NO4S. The Bertz CT molecular complexity index is 782. The van der Waals surface area contributed by atoms with Crippen molar-refractivity contribution in [2.24, 2.45) is 5.41 Å². The topological polar surface area (TPSA) is 63.7 Å². The van der Waals surface area contributed by atoms with Crippen LogP contribution >= 0.6 is 0 Å². The second-order valence-electron chi connectivity index (χ2n) is 7.12. The first kappa shape index (κ1) is 25.4. The molecule has 0 atom stereocenters. The van der Waals surface area contributed by atoms with Gasteiger partial charge in [-0.25, -0.2) is 0 Å². The van der Waals surface area contributed by atoms with E-state index in [1.807, 2.05) is 0 Å². The summed E-state index contributed by atoms with van der Waals surface area (Å²) in [7, 11) is -6.96. The summed E-state index contributed by atoms with van der Waals surface area (Å²) in [5.41, 5.74) is -0.865. The van der Waals surface area contributed by atoms with Gasteiger partial charge in [0.1, 0.15) is 5.76 Å². The Kier molecular flexibility index (Phi) is 6.33. The van der Waals surface area contributed by atoms with Crippen LogP contribution in [-0.2, 0) is 19.1 Å². The van der Waals surface area contributed by atoms with Gasteiger partial charge in [0.25, 0.3) is 0 Å². The van der Waals surface area contributed by atoms with Crippen molar-refractivity contribution in [3.63, 3.8) is 0 Å². The Morgan fingerprint density at radius 3 is 1.79 bits per heavy atom. The predicted molar refractivity (Wildman–Crippen MR) is 79.6 cm³/mol. The van der Waals surface area contributed by atoms with Crippen molar-refractivity contribution in [1.82, 2.24) is 4.90 Å². The zero-order valence-electron chi connectivity index (χ0n) is 15.1. The molecule has 0 spiro atoms. The van der Waals surface area contributed by atoms with E-state index in [2.05, 4.69) is 4.18 Å². The zero-order valence-corrected chi connectivity index (χ0v) is 15.9. The van der Waals surface area contributed by atoms with E-state index < -0.39 is 56.9 Å². The molecule has 0 saturated carbocycles. The predicted octanol–water partition coefficient (Wildman–Crippen LogP) is 3.92. The average molecular weight is 465 g/mol. The smallest absolute Gasteiger partial charge is 0.383 e. The van der Waals surface area contributed by atoms with Crippen molar-refractivity contribution in [3.8, 4) is 0 Å². The van der Waals surface area contributed by atoms with Crippen LogP contribution in [0.15, 0.2) is 11.8 Å². The normalized spacial score (nSPS) is 17.8. The van der Waals surface area contributed by atoms with Crippen LogP contribution < -0.4 is 0 Å². The Morgan fingerprint density at radius 1 is 0.966 bits per heavy atom. The number of hydrogen-bond acceptors (Lipinski definition) is 4. The molecule has 29 heavy (non-hydrogen) atoms. The Hall–Kier alpha value is -1.67. The first-order chi connectivity index (χ1) is 12.6. The monoisotopic (exact) mass is 465 g/mol. The summed E-state index contributed by atoms with van der Waals surface area (Å²) in [6, 6.07) is 0. The summed E-state index contributed by atoms with van der Waals surface area (Å²) in [4.78, 5) is 13.2. The standard InChI is InChI=1S/C14H16F9NO4S/c1-10(2,3)9(25)24-6-4-8(5-7-24)28-29(26,27)14(22,23)12(17,18)11(15,16)13(19,20)21/h4H,5-7H2,1-3H3. The molecule has 1 aliphatic rings. The highest BCUT2D eigenvalue weighted by Gasteiger charge is 2.86. The first-order valence-electron chi connectivity index (χ1n) is 7.72. The number of nitrogens with zero attached hydrogens (tertiary/aromatic N) is 1. The van der Waals surface area contributed by atoms with Crippen molar-refractivity contribution in [2.75, 3.05) is 13.1 Å². The van der Waals surface area contributed by atoms with Crippen LogP contribution in [0.3, 0.4) is 0 Å². The van der Waals surface area contributed by atoms with Crippen LogP contribution in [0.2, 0.25) is 0 Å². The van der Waals surface area contributed by atoms with Crippen molar-refractivity contribution < 1.29 is 56.9 Å². The summed E-state index contributed by atoms with van der Waals surface area (Å²) in [5.74, 6) is -16.1. The Balaban J connectivity index is 3.12. The van der Waals surface area contributed by atoms with Gasteiger partial charge in [-0.15, -0.1) is 0 Å². The molecule has 1 heterocycles. The van der Waals surface area contributed by atoms with Gasteiger partial charge in [-0.1, -0.05) is 20.8 Å². The zero-order chi connectivity index (χ0) is 23.3. The second-order valence-corrected chi connectivity index (χ2v) is 8.71. The highest BCUT2D eigenvalue weighted by molar-refractivity contribution is 7.88. The minimum atomic E-state index is -7.36. The Labute approximate surface area is 159 Å². The maximum atomic E-state index is 13.6. The lowest BCUT2D eigenvalue weighted by molar-refractivity contribution is -0.382. The quantitative estimate of drug-likeness (QED) is 0.456. The third-order valence-corrected chi connectivity index (χ3v) is 5.06. The average Bonchev–Trinajstić information content (AvgIpc) is 2.52. The van der Waals surface area contributed by atoms with Gasteiger partial charge in [-0.05, 0) is 6.08 Å². The lowest BCUT2D eigenvalue weighted by Crippen LogP contribution is -2.63. The van der Waals surface area contributed by atoms with Gasteiger partial charge >= 0.3 is 33.4 Å². The minimum absolute atomic E-state index is 0.294. The lowest BCUT2D eigenvalue weighted by Gasteiger charge is -2.34. The van der Waals surface area contributed by atoms with Crippen molar-refractivity contribution in [1.29, 1.82) is 0 Å². The van der Waals surface area contributed by atoms with E-state index in [0.717, 1.165) is 11.0 Å². The van der Waals surface area contributed by atoms with Gasteiger partial charge in [0.2, 0.25) is 5.91 Å². The number of amides is 1. The SMILES string of the molecule is CC(C)(C)C(=O)N1CC=C(OS(=O)(=O)C(F)(F)C(F)(F)C(F)(F)C(F)(F)F)CC1. The molecule has 0 aromatic rings. The minimum Gasteiger partial charge on any atom is -0.383 e. The van der Waals surface area contributed by atoms with E-state index >= 15 is 0 Å².